The lowest BCUT2D eigenvalue weighted by molar-refractivity contribution is 0.101. The summed E-state index contributed by atoms with van der Waals surface area (Å²) >= 11 is 0. The first-order valence-electron chi connectivity index (χ1n) is 11.6. The molecule has 3 aromatic carbocycles. The molecule has 4 rings (SSSR count). The molecule has 35 heavy (non-hydrogen) atoms. The van der Waals surface area contributed by atoms with Gasteiger partial charge in [0, 0.05) is 35.6 Å². The van der Waals surface area contributed by atoms with E-state index in [1.165, 1.54) is 10.4 Å². The summed E-state index contributed by atoms with van der Waals surface area (Å²) in [5.41, 5.74) is 2.55. The zero-order chi connectivity index (χ0) is 25.0. The van der Waals surface area contributed by atoms with Crippen LogP contribution in [0.1, 0.15) is 46.0 Å². The fourth-order valence-corrected chi connectivity index (χ4v) is 5.74. The van der Waals surface area contributed by atoms with Crippen LogP contribution in [-0.4, -0.2) is 37.6 Å². The number of nitrogens with zero attached hydrogens (tertiary/aromatic N) is 1. The Kier molecular flexibility index (Phi) is 7.33. The molecule has 8 heteroatoms. The summed E-state index contributed by atoms with van der Waals surface area (Å²) < 4.78 is 28.0. The van der Waals surface area contributed by atoms with Crippen molar-refractivity contribution in [1.29, 1.82) is 0 Å². The van der Waals surface area contributed by atoms with Crippen molar-refractivity contribution < 1.29 is 18.0 Å². The van der Waals surface area contributed by atoms with Crippen molar-refractivity contribution in [2.75, 3.05) is 23.7 Å². The van der Waals surface area contributed by atoms with E-state index < -0.39 is 15.9 Å². The lowest BCUT2D eigenvalue weighted by Gasteiger charge is -2.30. The van der Waals surface area contributed by atoms with Gasteiger partial charge in [0.2, 0.25) is 10.0 Å². The lowest BCUT2D eigenvalue weighted by Crippen LogP contribution is -2.38. The molecule has 3 aromatic rings. The molecule has 1 aliphatic rings. The van der Waals surface area contributed by atoms with E-state index in [0.717, 1.165) is 12.8 Å². The van der Waals surface area contributed by atoms with E-state index in [0.29, 0.717) is 41.5 Å². The number of nitrogens with one attached hydrogen (secondary N) is 2. The molecule has 0 aliphatic carbocycles. The highest BCUT2D eigenvalue weighted by molar-refractivity contribution is 7.89. The summed E-state index contributed by atoms with van der Waals surface area (Å²) in [7, 11) is -3.67. The van der Waals surface area contributed by atoms with Crippen LogP contribution in [0.25, 0.3) is 0 Å². The second-order valence-corrected chi connectivity index (χ2v) is 10.8. The molecule has 0 unspecified atom stereocenters. The van der Waals surface area contributed by atoms with Gasteiger partial charge in [0.1, 0.15) is 0 Å². The highest BCUT2D eigenvalue weighted by Gasteiger charge is 2.29. The van der Waals surface area contributed by atoms with Crippen LogP contribution in [-0.2, 0) is 10.0 Å². The largest absolute Gasteiger partial charge is 0.322 e. The summed E-state index contributed by atoms with van der Waals surface area (Å²) in [5, 5.41) is 5.61. The van der Waals surface area contributed by atoms with E-state index in [9.17, 15) is 18.0 Å². The summed E-state index contributed by atoms with van der Waals surface area (Å²) in [6, 6.07) is 20.4. The summed E-state index contributed by atoms with van der Waals surface area (Å²) in [5.74, 6) is -0.119. The molecule has 7 nitrogen and oxygen atoms in total. The van der Waals surface area contributed by atoms with Crippen molar-refractivity contribution in [2.45, 2.75) is 31.6 Å². The number of piperidine rings is 1. The van der Waals surface area contributed by atoms with Crippen molar-refractivity contribution in [1.82, 2.24) is 4.31 Å². The third kappa shape index (κ3) is 5.78. The van der Waals surface area contributed by atoms with Gasteiger partial charge in [-0.2, -0.15) is 4.31 Å². The monoisotopic (exact) mass is 491 g/mol. The SMILES string of the molecule is Cc1ccc(C(=O)Nc2ccc(NC(=O)c3ccccc3)cc2)cc1S(=O)(=O)N1CCC(C)CC1. The Bertz CT molecular complexity index is 1310. The molecule has 2 amide bonds. The van der Waals surface area contributed by atoms with E-state index in [1.807, 2.05) is 6.07 Å². The molecule has 0 bridgehead atoms. The van der Waals surface area contributed by atoms with Gasteiger partial charge in [-0.25, -0.2) is 8.42 Å². The minimum Gasteiger partial charge on any atom is -0.322 e. The predicted molar refractivity (Wildman–Crippen MR) is 137 cm³/mol. The second-order valence-electron chi connectivity index (χ2n) is 8.92. The quantitative estimate of drug-likeness (QED) is 0.512. The third-order valence-electron chi connectivity index (χ3n) is 6.25. The van der Waals surface area contributed by atoms with Gasteiger partial charge in [0.05, 0.1) is 4.90 Å². The van der Waals surface area contributed by atoms with Crippen LogP contribution in [0.3, 0.4) is 0 Å². The maximum Gasteiger partial charge on any atom is 0.255 e. The molecule has 0 radical (unpaired) electrons. The Morgan fingerprint density at radius 3 is 1.91 bits per heavy atom. The van der Waals surface area contributed by atoms with Crippen molar-refractivity contribution in [2.24, 2.45) is 5.92 Å². The molecule has 1 heterocycles. The van der Waals surface area contributed by atoms with Gasteiger partial charge in [-0.15, -0.1) is 0 Å². The molecule has 1 fully saturated rings. The third-order valence-corrected chi connectivity index (χ3v) is 8.29. The molecule has 1 aliphatic heterocycles. The molecular weight excluding hydrogens is 462 g/mol. The number of rotatable bonds is 6. The maximum atomic E-state index is 13.2. The number of anilines is 2. The molecule has 0 spiro atoms. The number of aryl methyl sites for hydroxylation is 1. The van der Waals surface area contributed by atoms with Gasteiger partial charge in [-0.05, 0) is 79.8 Å². The molecule has 182 valence electrons. The molecular formula is C27H29N3O4S. The first-order valence-corrected chi connectivity index (χ1v) is 13.1. The van der Waals surface area contributed by atoms with Crippen molar-refractivity contribution in [3.8, 4) is 0 Å². The number of hydrogen-bond donors (Lipinski definition) is 2. The van der Waals surface area contributed by atoms with E-state index >= 15 is 0 Å². The zero-order valence-corrected chi connectivity index (χ0v) is 20.6. The van der Waals surface area contributed by atoms with E-state index in [4.69, 9.17) is 0 Å². The normalized spacial score (nSPS) is 14.9. The molecule has 2 N–H and O–H groups in total. The first-order chi connectivity index (χ1) is 16.7. The minimum absolute atomic E-state index is 0.165. The maximum absolute atomic E-state index is 13.2. The van der Waals surface area contributed by atoms with Crippen LogP contribution < -0.4 is 10.6 Å². The average molecular weight is 492 g/mol. The summed E-state index contributed by atoms with van der Waals surface area (Å²) in [4.78, 5) is 25.3. The Hall–Kier alpha value is -3.49. The van der Waals surface area contributed by atoms with E-state index in [1.54, 1.807) is 67.6 Å². The topological polar surface area (TPSA) is 95.6 Å². The minimum atomic E-state index is -3.67. The number of carbonyl (C=O) groups excluding carboxylic acids is 2. The highest BCUT2D eigenvalue weighted by atomic mass is 32.2. The Morgan fingerprint density at radius 1 is 0.800 bits per heavy atom. The molecule has 0 atom stereocenters. The van der Waals surface area contributed by atoms with Crippen molar-refractivity contribution in [3.63, 3.8) is 0 Å². The fourth-order valence-electron chi connectivity index (χ4n) is 4.02. The number of sulfonamides is 1. The zero-order valence-electron chi connectivity index (χ0n) is 19.8. The Labute approximate surface area is 206 Å². The summed E-state index contributed by atoms with van der Waals surface area (Å²) in [6.07, 6.45) is 1.67. The smallest absolute Gasteiger partial charge is 0.255 e. The van der Waals surface area contributed by atoms with Gasteiger partial charge < -0.3 is 10.6 Å². The standard InChI is InChI=1S/C27H29N3O4S/c1-19-14-16-30(17-15-19)35(33,34)25-18-22(9-8-20(25)2)27(32)29-24-12-10-23(11-13-24)28-26(31)21-6-4-3-5-7-21/h3-13,18-19H,14-17H2,1-2H3,(H,28,31)(H,29,32). The van der Waals surface area contributed by atoms with Gasteiger partial charge >= 0.3 is 0 Å². The van der Waals surface area contributed by atoms with Crippen LogP contribution in [0.15, 0.2) is 77.7 Å². The molecule has 0 aromatic heterocycles. The van der Waals surface area contributed by atoms with E-state index in [2.05, 4.69) is 17.6 Å². The molecule has 0 saturated carbocycles. The predicted octanol–water partition coefficient (Wildman–Crippen LogP) is 4.92. The van der Waals surface area contributed by atoms with Gasteiger partial charge in [0.25, 0.3) is 11.8 Å². The van der Waals surface area contributed by atoms with Gasteiger partial charge in [-0.1, -0.05) is 31.2 Å². The summed E-state index contributed by atoms with van der Waals surface area (Å²) in [6.45, 7) is 4.85. The first kappa shape index (κ1) is 24.6. The van der Waals surface area contributed by atoms with Gasteiger partial charge in [-0.3, -0.25) is 9.59 Å². The van der Waals surface area contributed by atoms with Crippen LogP contribution in [0.5, 0.6) is 0 Å². The van der Waals surface area contributed by atoms with Crippen molar-refractivity contribution in [3.05, 3.63) is 89.5 Å². The fraction of sp³-hybridized carbons (Fsp3) is 0.259. The lowest BCUT2D eigenvalue weighted by atomic mass is 10.0. The Balaban J connectivity index is 1.45. The average Bonchev–Trinajstić information content (AvgIpc) is 2.86. The number of benzene rings is 3. The van der Waals surface area contributed by atoms with Crippen LogP contribution in [0.4, 0.5) is 11.4 Å². The van der Waals surface area contributed by atoms with Crippen LogP contribution >= 0.6 is 0 Å². The highest BCUT2D eigenvalue weighted by Crippen LogP contribution is 2.26. The number of amides is 2. The number of hydrogen-bond acceptors (Lipinski definition) is 4. The van der Waals surface area contributed by atoms with Crippen LogP contribution in [0, 0.1) is 12.8 Å². The van der Waals surface area contributed by atoms with Crippen molar-refractivity contribution >= 4 is 33.2 Å². The Morgan fingerprint density at radius 2 is 1.34 bits per heavy atom. The van der Waals surface area contributed by atoms with Gasteiger partial charge in [0.15, 0.2) is 0 Å². The van der Waals surface area contributed by atoms with E-state index in [-0.39, 0.29) is 16.4 Å². The second kappa shape index (κ2) is 10.4. The number of carbonyl (C=O) groups is 2. The molecule has 1 saturated heterocycles. The van der Waals surface area contributed by atoms with Crippen LogP contribution in [0.2, 0.25) is 0 Å².